The van der Waals surface area contributed by atoms with Crippen LogP contribution in [-0.4, -0.2) is 50.5 Å². The van der Waals surface area contributed by atoms with Crippen molar-refractivity contribution in [3.63, 3.8) is 0 Å². The first kappa shape index (κ1) is 29.0. The van der Waals surface area contributed by atoms with Crippen LogP contribution in [0.2, 0.25) is 0 Å². The Balaban J connectivity index is 0.000000270. The van der Waals surface area contributed by atoms with Crippen LogP contribution in [0.1, 0.15) is 55.3 Å². The molecule has 11 nitrogen and oxygen atoms in total. The van der Waals surface area contributed by atoms with Gasteiger partial charge in [0.05, 0.1) is 17.1 Å². The number of ketones is 1. The zero-order valence-electron chi connectivity index (χ0n) is 19.3. The number of Topliss-reactive ketones (excluding diaryl/α,β-unsaturated/α-hetero) is 1. The smallest absolute Gasteiger partial charge is 0.342 e. The molecule has 188 valence electrons. The molecule has 0 aliphatic rings. The maximum Gasteiger partial charge on any atom is 0.342 e. The maximum atomic E-state index is 10.9. The first-order valence-corrected chi connectivity index (χ1v) is 10.3. The van der Waals surface area contributed by atoms with E-state index in [1.165, 1.54) is 43.3 Å². The monoisotopic (exact) mass is 497 g/mol. The van der Waals surface area contributed by atoms with Crippen molar-refractivity contribution in [1.82, 2.24) is 0 Å². The van der Waals surface area contributed by atoms with E-state index in [0.29, 0.717) is 12.4 Å². The molecule has 3 aromatic carbocycles. The molecule has 11 heteroatoms. The van der Waals surface area contributed by atoms with Crippen molar-refractivity contribution in [2.75, 3.05) is 6.61 Å². The molecule has 0 amide bonds. The maximum absolute atomic E-state index is 10.9. The number of nitrogens with zero attached hydrogens (tertiary/aromatic N) is 1. The summed E-state index contributed by atoms with van der Waals surface area (Å²) in [7, 11) is 0. The zero-order chi connectivity index (χ0) is 27.3. The van der Waals surface area contributed by atoms with Crippen LogP contribution in [0.5, 0.6) is 5.75 Å². The lowest BCUT2D eigenvalue weighted by Gasteiger charge is -2.05. The SMILES string of the molecule is CC(=O)c1ccccc1C(=O)O.CCOc1ccccc1C(=O)O.O=C(O)c1ccccc1[N+](=O)[O-]. The second-order valence-corrected chi connectivity index (χ2v) is 6.72. The summed E-state index contributed by atoms with van der Waals surface area (Å²) in [5.74, 6) is -3.12. The number of carboxylic acid groups (broad SMARTS) is 3. The molecular formula is C25H23NO10. The van der Waals surface area contributed by atoms with Gasteiger partial charge < -0.3 is 20.1 Å². The van der Waals surface area contributed by atoms with E-state index in [4.69, 9.17) is 20.1 Å². The van der Waals surface area contributed by atoms with E-state index in [2.05, 4.69) is 0 Å². The summed E-state index contributed by atoms with van der Waals surface area (Å²) < 4.78 is 5.12. The lowest BCUT2D eigenvalue weighted by atomic mass is 10.1. The molecule has 0 fully saturated rings. The standard InChI is InChI=1S/C9H8O3.C9H10O3.C7H5NO4/c1-6(10)7-4-2-3-5-8(7)9(11)12;1-2-12-8-6-4-3-5-7(8)9(10)11;9-7(10)5-3-1-2-4-6(5)8(11)12/h2-5H,1H3,(H,11,12);3-6H,2H2,1H3,(H,10,11);1-4H,(H,9,10). The van der Waals surface area contributed by atoms with Crippen LogP contribution in [0.25, 0.3) is 0 Å². The average molecular weight is 497 g/mol. The summed E-state index contributed by atoms with van der Waals surface area (Å²) in [6.07, 6.45) is 0. The van der Waals surface area contributed by atoms with Crippen LogP contribution in [0.15, 0.2) is 72.8 Å². The highest BCUT2D eigenvalue weighted by Gasteiger charge is 2.17. The topological polar surface area (TPSA) is 181 Å². The number of nitro groups is 1. The van der Waals surface area contributed by atoms with Crippen molar-refractivity contribution in [3.8, 4) is 5.75 Å². The average Bonchev–Trinajstić information content (AvgIpc) is 2.85. The number of hydrogen-bond donors (Lipinski definition) is 3. The van der Waals surface area contributed by atoms with Crippen LogP contribution in [0.3, 0.4) is 0 Å². The number of carbonyl (C=O) groups is 4. The highest BCUT2D eigenvalue weighted by atomic mass is 16.6. The van der Waals surface area contributed by atoms with Gasteiger partial charge in [-0.3, -0.25) is 14.9 Å². The Kier molecular flexibility index (Phi) is 11.5. The van der Waals surface area contributed by atoms with E-state index >= 15 is 0 Å². The van der Waals surface area contributed by atoms with Crippen LogP contribution < -0.4 is 4.74 Å². The number of para-hydroxylation sites is 2. The van der Waals surface area contributed by atoms with E-state index in [-0.39, 0.29) is 33.7 Å². The lowest BCUT2D eigenvalue weighted by Crippen LogP contribution is -2.05. The first-order chi connectivity index (χ1) is 17.0. The number of aromatic carboxylic acids is 3. The van der Waals surface area contributed by atoms with E-state index in [1.807, 2.05) is 6.92 Å². The molecule has 0 unspecified atom stereocenters. The molecule has 0 bridgehead atoms. The van der Waals surface area contributed by atoms with Crippen molar-refractivity contribution in [2.45, 2.75) is 13.8 Å². The van der Waals surface area contributed by atoms with E-state index < -0.39 is 22.8 Å². The third-order valence-electron chi connectivity index (χ3n) is 4.29. The van der Waals surface area contributed by atoms with Gasteiger partial charge in [0, 0.05) is 11.6 Å². The molecule has 0 saturated heterocycles. The summed E-state index contributed by atoms with van der Waals surface area (Å²) in [6.45, 7) is 3.64. The number of carbonyl (C=O) groups excluding carboxylic acids is 1. The van der Waals surface area contributed by atoms with Crippen molar-refractivity contribution in [1.29, 1.82) is 0 Å². The number of benzene rings is 3. The second-order valence-electron chi connectivity index (χ2n) is 6.72. The Morgan fingerprint density at radius 3 is 1.53 bits per heavy atom. The minimum absolute atomic E-state index is 0.0602. The predicted octanol–water partition coefficient (Wildman–Crippen LogP) is 4.66. The summed E-state index contributed by atoms with van der Waals surface area (Å²) >= 11 is 0. The molecule has 0 aromatic heterocycles. The number of rotatable bonds is 7. The van der Waals surface area contributed by atoms with Crippen LogP contribution in [-0.2, 0) is 0 Å². The normalized spacial score (nSPS) is 9.39. The van der Waals surface area contributed by atoms with Crippen LogP contribution in [0.4, 0.5) is 5.69 Å². The third-order valence-corrected chi connectivity index (χ3v) is 4.29. The Bertz CT molecular complexity index is 1120. The summed E-state index contributed by atoms with van der Waals surface area (Å²) in [6, 6.07) is 18.0. The second kappa shape index (κ2) is 14.3. The van der Waals surface area contributed by atoms with Crippen molar-refractivity contribution >= 4 is 29.4 Å². The van der Waals surface area contributed by atoms with Gasteiger partial charge in [-0.2, -0.15) is 0 Å². The first-order valence-electron chi connectivity index (χ1n) is 10.3. The van der Waals surface area contributed by atoms with Crippen molar-refractivity contribution in [3.05, 3.63) is 105 Å². The van der Waals surface area contributed by atoms with Gasteiger partial charge in [-0.05, 0) is 38.1 Å². The molecule has 3 aromatic rings. The van der Waals surface area contributed by atoms with Crippen LogP contribution in [0, 0.1) is 10.1 Å². The molecule has 0 atom stereocenters. The van der Waals surface area contributed by atoms with E-state index in [1.54, 1.807) is 30.3 Å². The molecule has 36 heavy (non-hydrogen) atoms. The van der Waals surface area contributed by atoms with Gasteiger partial charge in [0.2, 0.25) is 0 Å². The minimum atomic E-state index is -1.29. The van der Waals surface area contributed by atoms with Gasteiger partial charge in [0.25, 0.3) is 5.69 Å². The Hall–Kier alpha value is -5.06. The van der Waals surface area contributed by atoms with Crippen molar-refractivity contribution in [2.24, 2.45) is 0 Å². The number of ether oxygens (including phenoxy) is 1. The summed E-state index contributed by atoms with van der Waals surface area (Å²) in [4.78, 5) is 52.1. The Morgan fingerprint density at radius 2 is 1.14 bits per heavy atom. The highest BCUT2D eigenvalue weighted by Crippen LogP contribution is 2.18. The van der Waals surface area contributed by atoms with Gasteiger partial charge in [-0.25, -0.2) is 14.4 Å². The van der Waals surface area contributed by atoms with E-state index in [9.17, 15) is 29.3 Å². The minimum Gasteiger partial charge on any atom is -0.493 e. The number of hydrogen-bond acceptors (Lipinski definition) is 7. The third kappa shape index (κ3) is 8.71. The molecule has 0 spiro atoms. The summed E-state index contributed by atoms with van der Waals surface area (Å²) in [5.41, 5.74) is -0.151. The predicted molar refractivity (Wildman–Crippen MR) is 128 cm³/mol. The fraction of sp³-hybridized carbons (Fsp3) is 0.120. The Labute approximate surface area is 205 Å². The molecule has 3 rings (SSSR count). The molecular weight excluding hydrogens is 474 g/mol. The molecule has 0 saturated carbocycles. The van der Waals surface area contributed by atoms with Gasteiger partial charge in [-0.15, -0.1) is 0 Å². The molecule has 0 aliphatic carbocycles. The lowest BCUT2D eigenvalue weighted by molar-refractivity contribution is -0.385. The van der Waals surface area contributed by atoms with Crippen molar-refractivity contribution < 1.29 is 44.2 Å². The number of carboxylic acids is 3. The molecule has 0 radical (unpaired) electrons. The van der Waals surface area contributed by atoms with Gasteiger partial charge in [0.15, 0.2) is 5.78 Å². The van der Waals surface area contributed by atoms with Crippen LogP contribution >= 0.6 is 0 Å². The summed E-state index contributed by atoms with van der Waals surface area (Å²) in [5, 5.41) is 36.2. The van der Waals surface area contributed by atoms with Gasteiger partial charge in [-0.1, -0.05) is 42.5 Å². The fourth-order valence-corrected chi connectivity index (χ4v) is 2.72. The largest absolute Gasteiger partial charge is 0.493 e. The van der Waals surface area contributed by atoms with Gasteiger partial charge >= 0.3 is 17.9 Å². The fourth-order valence-electron chi connectivity index (χ4n) is 2.72. The quantitative estimate of drug-likeness (QED) is 0.236. The zero-order valence-corrected chi connectivity index (χ0v) is 19.3. The van der Waals surface area contributed by atoms with E-state index in [0.717, 1.165) is 6.07 Å². The molecule has 3 N–H and O–H groups in total. The Morgan fingerprint density at radius 1 is 0.722 bits per heavy atom. The highest BCUT2D eigenvalue weighted by molar-refractivity contribution is 6.04. The molecule has 0 heterocycles. The van der Waals surface area contributed by atoms with Gasteiger partial charge in [0.1, 0.15) is 16.9 Å². The molecule has 0 aliphatic heterocycles. The number of nitro benzene ring substituents is 1.